The molecule has 1 aromatic carbocycles. The number of fused-ring (bicyclic) bond motifs is 1. The van der Waals surface area contributed by atoms with Crippen LogP contribution in [-0.2, 0) is 27.2 Å². The maximum absolute atomic E-state index is 12.8. The van der Waals surface area contributed by atoms with Crippen molar-refractivity contribution in [2.45, 2.75) is 44.0 Å². The van der Waals surface area contributed by atoms with Gasteiger partial charge < -0.3 is 36.5 Å². The van der Waals surface area contributed by atoms with Gasteiger partial charge in [-0.05, 0) is 25.0 Å². The molecule has 0 spiro atoms. The number of carbonyl (C=O) groups is 3. The number of nitrogens with zero attached hydrogens (tertiary/aromatic N) is 1. The number of aliphatic hydroxyl groups is 1. The van der Waals surface area contributed by atoms with Gasteiger partial charge in [-0.3, -0.25) is 9.59 Å². The number of carbonyl (C=O) groups excluding carboxylic acids is 2. The molecule has 32 heavy (non-hydrogen) atoms. The molecule has 0 radical (unpaired) electrons. The van der Waals surface area contributed by atoms with E-state index in [1.54, 1.807) is 6.20 Å². The fraction of sp³-hybridized carbons (Fsp3) is 0.333. The number of aromatic amines is 2. The summed E-state index contributed by atoms with van der Waals surface area (Å²) in [6.07, 6.45) is 3.63. The first-order chi connectivity index (χ1) is 15.3. The monoisotopic (exact) mass is 442 g/mol. The number of carboxylic acid groups (broad SMARTS) is 1. The van der Waals surface area contributed by atoms with Crippen LogP contribution >= 0.6 is 0 Å². The fourth-order valence-corrected chi connectivity index (χ4v) is 3.38. The van der Waals surface area contributed by atoms with Crippen molar-refractivity contribution in [2.75, 3.05) is 0 Å². The molecule has 11 nitrogen and oxygen atoms in total. The molecule has 0 aliphatic rings. The summed E-state index contributed by atoms with van der Waals surface area (Å²) < 4.78 is 0. The third-order valence-corrected chi connectivity index (χ3v) is 5.11. The van der Waals surface area contributed by atoms with Gasteiger partial charge in [-0.15, -0.1) is 0 Å². The van der Waals surface area contributed by atoms with Crippen molar-refractivity contribution < 1.29 is 24.6 Å². The molecule has 0 aliphatic carbocycles. The second-order valence-electron chi connectivity index (χ2n) is 7.58. The van der Waals surface area contributed by atoms with Gasteiger partial charge in [0.05, 0.1) is 18.5 Å². The van der Waals surface area contributed by atoms with Gasteiger partial charge in [-0.2, -0.15) is 0 Å². The van der Waals surface area contributed by atoms with Crippen LogP contribution in [0.25, 0.3) is 10.9 Å². The highest BCUT2D eigenvalue weighted by Crippen LogP contribution is 2.18. The second-order valence-corrected chi connectivity index (χ2v) is 7.58. The van der Waals surface area contributed by atoms with Gasteiger partial charge in [0, 0.05) is 35.4 Å². The average Bonchev–Trinajstić information content (AvgIpc) is 3.41. The minimum Gasteiger partial charge on any atom is -0.480 e. The second kappa shape index (κ2) is 10.1. The van der Waals surface area contributed by atoms with Gasteiger partial charge in [0.2, 0.25) is 11.8 Å². The van der Waals surface area contributed by atoms with E-state index in [0.29, 0.717) is 5.69 Å². The van der Waals surface area contributed by atoms with Gasteiger partial charge >= 0.3 is 5.97 Å². The normalized spacial score (nSPS) is 15.0. The van der Waals surface area contributed by atoms with Crippen molar-refractivity contribution in [1.82, 2.24) is 25.6 Å². The summed E-state index contributed by atoms with van der Waals surface area (Å²) in [6, 6.07) is 4.01. The molecular formula is C21H26N6O5. The molecule has 0 saturated heterocycles. The molecule has 2 amide bonds. The maximum Gasteiger partial charge on any atom is 0.328 e. The predicted octanol–water partition coefficient (Wildman–Crippen LogP) is -0.561. The molecule has 2 aromatic heterocycles. The van der Waals surface area contributed by atoms with Crippen molar-refractivity contribution in [1.29, 1.82) is 0 Å². The number of hydrogen-bond donors (Lipinski definition) is 7. The van der Waals surface area contributed by atoms with Gasteiger partial charge in [0.15, 0.2) is 6.04 Å². The van der Waals surface area contributed by atoms with Gasteiger partial charge in [-0.1, -0.05) is 18.2 Å². The molecule has 4 unspecified atom stereocenters. The molecule has 0 saturated carbocycles. The van der Waals surface area contributed by atoms with E-state index in [-0.39, 0.29) is 12.8 Å². The van der Waals surface area contributed by atoms with E-state index in [0.717, 1.165) is 16.5 Å². The molecule has 0 bridgehead atoms. The van der Waals surface area contributed by atoms with E-state index in [1.165, 1.54) is 19.4 Å². The van der Waals surface area contributed by atoms with Crippen LogP contribution in [0.3, 0.4) is 0 Å². The minimum absolute atomic E-state index is 0.0313. The Morgan fingerprint density at radius 3 is 2.53 bits per heavy atom. The van der Waals surface area contributed by atoms with Crippen LogP contribution in [0, 0.1) is 0 Å². The van der Waals surface area contributed by atoms with Gasteiger partial charge in [0.25, 0.3) is 0 Å². The van der Waals surface area contributed by atoms with Gasteiger partial charge in [-0.25, -0.2) is 9.78 Å². The van der Waals surface area contributed by atoms with E-state index in [4.69, 9.17) is 5.73 Å². The third kappa shape index (κ3) is 5.50. The van der Waals surface area contributed by atoms with Crippen LogP contribution < -0.4 is 16.4 Å². The van der Waals surface area contributed by atoms with Crippen LogP contribution in [0.5, 0.6) is 0 Å². The topological polar surface area (TPSA) is 186 Å². The number of carboxylic acids is 1. The highest BCUT2D eigenvalue weighted by molar-refractivity contribution is 5.92. The Balaban J connectivity index is 1.72. The van der Waals surface area contributed by atoms with E-state index in [2.05, 4.69) is 25.6 Å². The summed E-state index contributed by atoms with van der Waals surface area (Å²) in [5, 5.41) is 24.7. The standard InChI is InChI=1S/C21H26N6O5/c1-11(28)18(21(31)32)27-20(30)17(7-13-9-23-10-25-13)26-19(29)15(22)6-12-8-24-16-5-3-2-4-14(12)16/h2-5,8-11,15,17-18,24,28H,6-7,22H2,1H3,(H,23,25)(H,26,29)(H,27,30)(H,31,32). The lowest BCUT2D eigenvalue weighted by Crippen LogP contribution is -2.57. The molecule has 0 aliphatic heterocycles. The molecule has 8 N–H and O–H groups in total. The predicted molar refractivity (Wildman–Crippen MR) is 115 cm³/mol. The largest absolute Gasteiger partial charge is 0.480 e. The van der Waals surface area contributed by atoms with Crippen LogP contribution in [0.1, 0.15) is 18.2 Å². The Bertz CT molecular complexity index is 1080. The van der Waals surface area contributed by atoms with Crippen molar-refractivity contribution >= 4 is 28.7 Å². The molecule has 3 rings (SSSR count). The number of nitrogens with one attached hydrogen (secondary N) is 4. The van der Waals surface area contributed by atoms with Crippen LogP contribution in [0.4, 0.5) is 0 Å². The highest BCUT2D eigenvalue weighted by Gasteiger charge is 2.31. The Hall–Kier alpha value is -3.70. The lowest BCUT2D eigenvalue weighted by molar-refractivity contribution is -0.145. The van der Waals surface area contributed by atoms with Gasteiger partial charge in [0.1, 0.15) is 6.04 Å². The zero-order valence-electron chi connectivity index (χ0n) is 17.4. The third-order valence-electron chi connectivity index (χ3n) is 5.11. The first-order valence-corrected chi connectivity index (χ1v) is 10.1. The minimum atomic E-state index is -1.52. The van der Waals surface area contributed by atoms with Crippen molar-refractivity contribution in [3.63, 3.8) is 0 Å². The van der Waals surface area contributed by atoms with E-state index < -0.39 is 42.0 Å². The first-order valence-electron chi connectivity index (χ1n) is 10.1. The van der Waals surface area contributed by atoms with E-state index in [9.17, 15) is 24.6 Å². The summed E-state index contributed by atoms with van der Waals surface area (Å²) in [7, 11) is 0. The zero-order chi connectivity index (χ0) is 23.3. The van der Waals surface area contributed by atoms with Crippen LogP contribution in [-0.4, -0.2) is 67.2 Å². The van der Waals surface area contributed by atoms with Crippen molar-refractivity contribution in [3.05, 3.63) is 54.2 Å². The first kappa shape index (κ1) is 23.0. The Labute approximate surface area is 183 Å². The molecule has 3 aromatic rings. The fourth-order valence-electron chi connectivity index (χ4n) is 3.38. The summed E-state index contributed by atoms with van der Waals surface area (Å²) in [5.74, 6) is -2.73. The maximum atomic E-state index is 12.8. The van der Waals surface area contributed by atoms with Crippen LogP contribution in [0.15, 0.2) is 43.0 Å². The number of imidazole rings is 1. The molecule has 11 heteroatoms. The summed E-state index contributed by atoms with van der Waals surface area (Å²) in [4.78, 5) is 46.7. The quantitative estimate of drug-likeness (QED) is 0.219. The van der Waals surface area contributed by atoms with Crippen molar-refractivity contribution in [3.8, 4) is 0 Å². The number of rotatable bonds is 10. The molecular weight excluding hydrogens is 416 g/mol. The number of benzene rings is 1. The average molecular weight is 442 g/mol. The number of hydrogen-bond acceptors (Lipinski definition) is 6. The number of nitrogens with two attached hydrogens (primary N) is 1. The Morgan fingerprint density at radius 1 is 1.12 bits per heavy atom. The number of para-hydroxylation sites is 1. The Kier molecular flexibility index (Phi) is 7.23. The summed E-state index contributed by atoms with van der Waals surface area (Å²) >= 11 is 0. The van der Waals surface area contributed by atoms with Crippen molar-refractivity contribution in [2.24, 2.45) is 5.73 Å². The number of aliphatic hydroxyl groups excluding tert-OH is 1. The smallest absolute Gasteiger partial charge is 0.328 e. The Morgan fingerprint density at radius 2 is 1.88 bits per heavy atom. The molecule has 4 atom stereocenters. The molecule has 2 heterocycles. The number of aliphatic carboxylic acids is 1. The summed E-state index contributed by atoms with van der Waals surface area (Å²) in [6.45, 7) is 1.25. The summed E-state index contributed by atoms with van der Waals surface area (Å²) in [5.41, 5.74) is 8.44. The lowest BCUT2D eigenvalue weighted by Gasteiger charge is -2.23. The van der Waals surface area contributed by atoms with Crippen LogP contribution in [0.2, 0.25) is 0 Å². The molecule has 170 valence electrons. The SMILES string of the molecule is CC(O)C(NC(=O)C(Cc1cnc[nH]1)NC(=O)C(N)Cc1c[nH]c2ccccc12)C(=O)O. The number of amides is 2. The van der Waals surface area contributed by atoms with E-state index in [1.807, 2.05) is 24.3 Å². The lowest BCUT2D eigenvalue weighted by atomic mass is 10.0. The van der Waals surface area contributed by atoms with E-state index >= 15 is 0 Å². The highest BCUT2D eigenvalue weighted by atomic mass is 16.4. The molecule has 0 fully saturated rings. The zero-order valence-corrected chi connectivity index (χ0v) is 17.4. The number of H-pyrrole nitrogens is 2. The number of aromatic nitrogens is 3.